The minimum atomic E-state index is -0.936. The third-order valence-corrected chi connectivity index (χ3v) is 3.68. The smallest absolute Gasteiger partial charge is 0.319 e. The monoisotopic (exact) mass is 262 g/mol. The zero-order valence-electron chi connectivity index (χ0n) is 11.5. The number of carbonyl (C=O) groups excluding carboxylic acids is 2. The average molecular weight is 262 g/mol. The number of hydrogen-bond donors (Lipinski definition) is 0. The molecule has 0 heterocycles. The SMILES string of the molecule is CCc1cc(C(=O)C2(C(=O)OC)CC2)ccc1OC. The van der Waals surface area contributed by atoms with Gasteiger partial charge in [0, 0.05) is 5.56 Å². The van der Waals surface area contributed by atoms with Crippen molar-refractivity contribution in [2.24, 2.45) is 5.41 Å². The van der Waals surface area contributed by atoms with Gasteiger partial charge in [0.1, 0.15) is 11.2 Å². The van der Waals surface area contributed by atoms with Gasteiger partial charge in [-0.05, 0) is 43.0 Å². The van der Waals surface area contributed by atoms with E-state index in [9.17, 15) is 9.59 Å². The van der Waals surface area contributed by atoms with Crippen LogP contribution in [0.3, 0.4) is 0 Å². The molecule has 1 aliphatic rings. The molecule has 4 heteroatoms. The highest BCUT2D eigenvalue weighted by atomic mass is 16.5. The lowest BCUT2D eigenvalue weighted by molar-refractivity contribution is -0.145. The van der Waals surface area contributed by atoms with Crippen molar-refractivity contribution < 1.29 is 19.1 Å². The molecule has 4 nitrogen and oxygen atoms in total. The first kappa shape index (κ1) is 13.6. The second-order valence-electron chi connectivity index (χ2n) is 4.78. The highest BCUT2D eigenvalue weighted by Crippen LogP contribution is 2.49. The Morgan fingerprint density at radius 1 is 1.26 bits per heavy atom. The summed E-state index contributed by atoms with van der Waals surface area (Å²) in [7, 11) is 2.92. The first-order valence-corrected chi connectivity index (χ1v) is 6.39. The standard InChI is InChI=1S/C15H18O4/c1-4-10-9-11(5-6-12(10)18-2)13(16)15(7-8-15)14(17)19-3/h5-6,9H,4,7-8H2,1-3H3. The average Bonchev–Trinajstić information content (AvgIpc) is 3.26. The van der Waals surface area contributed by atoms with E-state index in [0.29, 0.717) is 18.4 Å². The lowest BCUT2D eigenvalue weighted by Gasteiger charge is -2.13. The maximum atomic E-state index is 12.5. The van der Waals surface area contributed by atoms with E-state index in [4.69, 9.17) is 9.47 Å². The topological polar surface area (TPSA) is 52.6 Å². The van der Waals surface area contributed by atoms with Crippen molar-refractivity contribution in [3.8, 4) is 5.75 Å². The molecule has 2 rings (SSSR count). The Balaban J connectivity index is 2.32. The van der Waals surface area contributed by atoms with Crippen molar-refractivity contribution in [2.45, 2.75) is 26.2 Å². The maximum Gasteiger partial charge on any atom is 0.319 e. The Hall–Kier alpha value is -1.84. The van der Waals surface area contributed by atoms with Crippen LogP contribution in [0.4, 0.5) is 0 Å². The van der Waals surface area contributed by atoms with Crippen LogP contribution >= 0.6 is 0 Å². The van der Waals surface area contributed by atoms with Crippen LogP contribution in [0.15, 0.2) is 18.2 Å². The van der Waals surface area contributed by atoms with Crippen LogP contribution in [0.2, 0.25) is 0 Å². The molecule has 0 amide bonds. The zero-order valence-corrected chi connectivity index (χ0v) is 11.5. The van der Waals surface area contributed by atoms with Crippen molar-refractivity contribution in [2.75, 3.05) is 14.2 Å². The Kier molecular flexibility index (Phi) is 3.60. The molecule has 0 spiro atoms. The van der Waals surface area contributed by atoms with E-state index >= 15 is 0 Å². The highest BCUT2D eigenvalue weighted by molar-refractivity contribution is 6.14. The molecular weight excluding hydrogens is 244 g/mol. The fourth-order valence-corrected chi connectivity index (χ4v) is 2.32. The van der Waals surface area contributed by atoms with Crippen molar-refractivity contribution in [1.29, 1.82) is 0 Å². The molecular formula is C15H18O4. The van der Waals surface area contributed by atoms with Gasteiger partial charge in [-0.1, -0.05) is 6.92 Å². The van der Waals surface area contributed by atoms with E-state index < -0.39 is 11.4 Å². The number of ketones is 1. The van der Waals surface area contributed by atoms with Crippen LogP contribution < -0.4 is 4.74 Å². The van der Waals surface area contributed by atoms with Gasteiger partial charge in [-0.3, -0.25) is 9.59 Å². The molecule has 1 aliphatic carbocycles. The molecule has 0 saturated heterocycles. The number of aryl methyl sites for hydroxylation is 1. The molecule has 0 radical (unpaired) electrons. The number of carbonyl (C=O) groups is 2. The molecule has 0 bridgehead atoms. The number of rotatable bonds is 5. The van der Waals surface area contributed by atoms with Crippen molar-refractivity contribution in [3.63, 3.8) is 0 Å². The van der Waals surface area contributed by atoms with Gasteiger partial charge >= 0.3 is 5.97 Å². The molecule has 0 aromatic heterocycles. The number of hydrogen-bond acceptors (Lipinski definition) is 4. The number of esters is 1. The number of ether oxygens (including phenoxy) is 2. The summed E-state index contributed by atoms with van der Waals surface area (Å²) in [6.07, 6.45) is 1.92. The van der Waals surface area contributed by atoms with Gasteiger partial charge in [-0.2, -0.15) is 0 Å². The summed E-state index contributed by atoms with van der Waals surface area (Å²) in [5.41, 5.74) is 0.587. The van der Waals surface area contributed by atoms with Gasteiger partial charge in [-0.15, -0.1) is 0 Å². The second kappa shape index (κ2) is 5.03. The Morgan fingerprint density at radius 2 is 1.95 bits per heavy atom. The predicted octanol–water partition coefficient (Wildman–Crippen LogP) is 2.39. The molecule has 1 aromatic rings. The second-order valence-corrected chi connectivity index (χ2v) is 4.78. The Morgan fingerprint density at radius 3 is 2.42 bits per heavy atom. The number of Topliss-reactive ketones (excluding diaryl/α,β-unsaturated/α-hetero) is 1. The fraction of sp³-hybridized carbons (Fsp3) is 0.467. The molecule has 1 saturated carbocycles. The van der Waals surface area contributed by atoms with E-state index in [2.05, 4.69) is 0 Å². The van der Waals surface area contributed by atoms with E-state index in [0.717, 1.165) is 17.7 Å². The first-order chi connectivity index (χ1) is 9.08. The summed E-state index contributed by atoms with van der Waals surface area (Å²) >= 11 is 0. The van der Waals surface area contributed by atoms with Gasteiger partial charge in [0.2, 0.25) is 0 Å². The van der Waals surface area contributed by atoms with E-state index in [1.807, 2.05) is 13.0 Å². The largest absolute Gasteiger partial charge is 0.496 e. The lowest BCUT2D eigenvalue weighted by atomic mass is 9.93. The van der Waals surface area contributed by atoms with Gasteiger partial charge in [-0.25, -0.2) is 0 Å². The van der Waals surface area contributed by atoms with Crippen LogP contribution in [0.25, 0.3) is 0 Å². The molecule has 19 heavy (non-hydrogen) atoms. The minimum absolute atomic E-state index is 0.142. The van der Waals surface area contributed by atoms with Crippen LogP contribution in [0, 0.1) is 5.41 Å². The lowest BCUT2D eigenvalue weighted by Crippen LogP contribution is -2.27. The summed E-state index contributed by atoms with van der Waals surface area (Å²) in [6.45, 7) is 2.00. The van der Waals surface area contributed by atoms with Gasteiger partial charge in [0.05, 0.1) is 14.2 Å². The Bertz CT molecular complexity index is 515. The third kappa shape index (κ3) is 2.23. The summed E-state index contributed by atoms with van der Waals surface area (Å²) in [5, 5.41) is 0. The van der Waals surface area contributed by atoms with Gasteiger partial charge < -0.3 is 9.47 Å². The molecule has 1 fully saturated rings. The molecule has 0 atom stereocenters. The molecule has 0 unspecified atom stereocenters. The maximum absolute atomic E-state index is 12.5. The van der Waals surface area contributed by atoms with Crippen LogP contribution in [0.1, 0.15) is 35.7 Å². The summed E-state index contributed by atoms with van der Waals surface area (Å²) < 4.78 is 9.98. The van der Waals surface area contributed by atoms with Crippen molar-refractivity contribution in [3.05, 3.63) is 29.3 Å². The Labute approximate surface area is 112 Å². The summed E-state index contributed by atoms with van der Waals surface area (Å²) in [5.74, 6) is 0.199. The van der Waals surface area contributed by atoms with E-state index in [1.54, 1.807) is 19.2 Å². The van der Waals surface area contributed by atoms with Crippen molar-refractivity contribution >= 4 is 11.8 Å². The normalized spacial score (nSPS) is 15.7. The van der Waals surface area contributed by atoms with Crippen LogP contribution in [-0.2, 0) is 16.0 Å². The molecule has 0 N–H and O–H groups in total. The van der Waals surface area contributed by atoms with Crippen LogP contribution in [-0.4, -0.2) is 26.0 Å². The summed E-state index contributed by atoms with van der Waals surface area (Å²) in [4.78, 5) is 24.2. The van der Waals surface area contributed by atoms with E-state index in [-0.39, 0.29) is 5.78 Å². The van der Waals surface area contributed by atoms with E-state index in [1.165, 1.54) is 7.11 Å². The quantitative estimate of drug-likeness (QED) is 0.464. The minimum Gasteiger partial charge on any atom is -0.496 e. The molecule has 102 valence electrons. The summed E-state index contributed by atoms with van der Waals surface area (Å²) in [6, 6.07) is 5.30. The number of benzene rings is 1. The van der Waals surface area contributed by atoms with Gasteiger partial charge in [0.15, 0.2) is 5.78 Å². The van der Waals surface area contributed by atoms with Gasteiger partial charge in [0.25, 0.3) is 0 Å². The fourth-order valence-electron chi connectivity index (χ4n) is 2.32. The van der Waals surface area contributed by atoms with Crippen LogP contribution in [0.5, 0.6) is 5.75 Å². The zero-order chi connectivity index (χ0) is 14.0. The highest BCUT2D eigenvalue weighted by Gasteiger charge is 2.57. The molecule has 1 aromatic carbocycles. The first-order valence-electron chi connectivity index (χ1n) is 6.39. The number of methoxy groups -OCH3 is 2. The third-order valence-electron chi connectivity index (χ3n) is 3.68. The molecule has 0 aliphatic heterocycles. The van der Waals surface area contributed by atoms with Crippen molar-refractivity contribution in [1.82, 2.24) is 0 Å². The predicted molar refractivity (Wildman–Crippen MR) is 70.4 cm³/mol.